The fourth-order valence-electron chi connectivity index (χ4n) is 4.33. The summed E-state index contributed by atoms with van der Waals surface area (Å²) in [6.45, 7) is 3.87. The predicted molar refractivity (Wildman–Crippen MR) is 133 cm³/mol. The minimum atomic E-state index is -0.667. The van der Waals surface area contributed by atoms with Crippen LogP contribution in [0, 0.1) is 0 Å². The molecule has 2 aromatic carbocycles. The van der Waals surface area contributed by atoms with Crippen LogP contribution in [0.15, 0.2) is 60.9 Å². The largest absolute Gasteiger partial charge is 0.491 e. The van der Waals surface area contributed by atoms with Gasteiger partial charge in [-0.05, 0) is 55.0 Å². The van der Waals surface area contributed by atoms with Crippen LogP contribution >= 0.6 is 0 Å². The van der Waals surface area contributed by atoms with Crippen molar-refractivity contribution >= 4 is 27.7 Å². The Labute approximate surface area is 194 Å². The van der Waals surface area contributed by atoms with Gasteiger partial charge in [-0.1, -0.05) is 32.6 Å². The molecular formula is C27H33N3O3. The van der Waals surface area contributed by atoms with Crippen LogP contribution in [-0.2, 0) is 13.1 Å². The summed E-state index contributed by atoms with van der Waals surface area (Å²) >= 11 is 0. The van der Waals surface area contributed by atoms with Gasteiger partial charge in [0.25, 0.3) is 0 Å². The van der Waals surface area contributed by atoms with E-state index in [1.165, 1.54) is 37.6 Å². The first-order valence-electron chi connectivity index (χ1n) is 11.8. The number of primary amides is 1. The van der Waals surface area contributed by atoms with Gasteiger partial charge in [0.2, 0.25) is 5.91 Å². The van der Waals surface area contributed by atoms with E-state index in [9.17, 15) is 9.90 Å². The normalized spacial score (nSPS) is 12.4. The zero-order valence-electron chi connectivity index (χ0n) is 19.2. The van der Waals surface area contributed by atoms with Crippen molar-refractivity contribution in [1.29, 1.82) is 0 Å². The van der Waals surface area contributed by atoms with E-state index in [4.69, 9.17) is 10.5 Å². The molecule has 174 valence electrons. The lowest BCUT2D eigenvalue weighted by Crippen LogP contribution is -2.23. The van der Waals surface area contributed by atoms with Crippen LogP contribution in [0.4, 0.5) is 0 Å². The molecule has 1 unspecified atom stereocenters. The summed E-state index contributed by atoms with van der Waals surface area (Å²) < 4.78 is 10.2. The second-order valence-corrected chi connectivity index (χ2v) is 8.71. The van der Waals surface area contributed by atoms with Gasteiger partial charge in [-0.25, -0.2) is 0 Å². The summed E-state index contributed by atoms with van der Waals surface area (Å²) in [6.07, 6.45) is 9.74. The van der Waals surface area contributed by atoms with E-state index in [0.29, 0.717) is 12.1 Å². The summed E-state index contributed by atoms with van der Waals surface area (Å²) in [4.78, 5) is 11.4. The molecule has 0 aliphatic heterocycles. The molecule has 0 bridgehead atoms. The van der Waals surface area contributed by atoms with Crippen molar-refractivity contribution in [3.63, 3.8) is 0 Å². The first kappa shape index (κ1) is 22.9. The molecule has 6 heteroatoms. The monoisotopic (exact) mass is 447 g/mol. The number of carbonyl (C=O) groups excluding carboxylic acids is 1. The fraction of sp³-hybridized carbons (Fsp3) is 0.370. The summed E-state index contributed by atoms with van der Waals surface area (Å²) in [7, 11) is 0. The number of aromatic nitrogens is 2. The molecule has 2 aromatic heterocycles. The Hall–Kier alpha value is -3.25. The molecular weight excluding hydrogens is 414 g/mol. The van der Waals surface area contributed by atoms with Gasteiger partial charge >= 0.3 is 0 Å². The Balaban J connectivity index is 1.32. The maximum Gasteiger partial charge on any atom is 0.248 e. The van der Waals surface area contributed by atoms with Crippen LogP contribution in [0.25, 0.3) is 21.8 Å². The molecule has 0 fully saturated rings. The maximum atomic E-state index is 11.4. The van der Waals surface area contributed by atoms with Gasteiger partial charge < -0.3 is 24.7 Å². The Morgan fingerprint density at radius 1 is 0.939 bits per heavy atom. The van der Waals surface area contributed by atoms with Crippen LogP contribution in [0.5, 0.6) is 5.75 Å². The smallest absolute Gasteiger partial charge is 0.248 e. The van der Waals surface area contributed by atoms with Crippen molar-refractivity contribution in [3.05, 3.63) is 66.5 Å². The Morgan fingerprint density at radius 2 is 1.64 bits per heavy atom. The number of fused-ring (bicyclic) bond motifs is 2. The number of aliphatic hydroxyl groups excluding tert-OH is 1. The van der Waals surface area contributed by atoms with Crippen LogP contribution in [0.2, 0.25) is 0 Å². The quantitative estimate of drug-likeness (QED) is 0.296. The lowest BCUT2D eigenvalue weighted by Gasteiger charge is -2.14. The molecule has 0 radical (unpaired) electrons. The molecule has 4 aromatic rings. The molecule has 3 N–H and O–H groups in total. The highest BCUT2D eigenvalue weighted by atomic mass is 16.5. The summed E-state index contributed by atoms with van der Waals surface area (Å²) in [6, 6.07) is 15.5. The van der Waals surface area contributed by atoms with Gasteiger partial charge in [-0.2, -0.15) is 0 Å². The predicted octanol–water partition coefficient (Wildman–Crippen LogP) is 5.11. The maximum absolute atomic E-state index is 11.4. The molecule has 0 spiro atoms. The molecule has 1 atom stereocenters. The zero-order chi connectivity index (χ0) is 23.2. The Kier molecular flexibility index (Phi) is 7.35. The average Bonchev–Trinajstić information content (AvgIpc) is 3.41. The van der Waals surface area contributed by atoms with Gasteiger partial charge in [0.05, 0.1) is 6.54 Å². The number of rotatable bonds is 12. The van der Waals surface area contributed by atoms with Crippen molar-refractivity contribution in [2.24, 2.45) is 5.73 Å². The molecule has 4 rings (SSSR count). The zero-order valence-corrected chi connectivity index (χ0v) is 19.2. The number of ether oxygens (including phenoxy) is 1. The number of aliphatic hydroxyl groups is 1. The average molecular weight is 448 g/mol. The van der Waals surface area contributed by atoms with Crippen molar-refractivity contribution < 1.29 is 14.6 Å². The molecule has 6 nitrogen and oxygen atoms in total. The van der Waals surface area contributed by atoms with Gasteiger partial charge in [0, 0.05) is 46.3 Å². The van der Waals surface area contributed by atoms with Crippen molar-refractivity contribution in [3.8, 4) is 5.75 Å². The minimum absolute atomic E-state index is 0.197. The van der Waals surface area contributed by atoms with Gasteiger partial charge in [0.15, 0.2) is 0 Å². The number of aryl methyl sites for hydroxylation is 1. The van der Waals surface area contributed by atoms with E-state index in [2.05, 4.69) is 29.8 Å². The van der Waals surface area contributed by atoms with Crippen LogP contribution in [-0.4, -0.2) is 32.9 Å². The Morgan fingerprint density at radius 3 is 2.42 bits per heavy atom. The molecule has 0 aliphatic carbocycles. The van der Waals surface area contributed by atoms with E-state index in [1.807, 2.05) is 35.0 Å². The van der Waals surface area contributed by atoms with Crippen LogP contribution < -0.4 is 10.5 Å². The van der Waals surface area contributed by atoms with E-state index < -0.39 is 12.0 Å². The second kappa shape index (κ2) is 10.6. The number of hydrogen-bond acceptors (Lipinski definition) is 3. The molecule has 1 amide bonds. The van der Waals surface area contributed by atoms with Gasteiger partial charge in [0.1, 0.15) is 18.5 Å². The summed E-state index contributed by atoms with van der Waals surface area (Å²) in [5.74, 6) is 0.308. The lowest BCUT2D eigenvalue weighted by molar-refractivity contribution is 0.0936. The second-order valence-electron chi connectivity index (χ2n) is 8.71. The molecule has 2 heterocycles. The summed E-state index contributed by atoms with van der Waals surface area (Å²) in [5, 5.41) is 12.6. The van der Waals surface area contributed by atoms with E-state index >= 15 is 0 Å². The lowest BCUT2D eigenvalue weighted by atomic mass is 10.1. The standard InChI is InChI=1S/C27H33N3O3/c1-2-3-4-5-6-13-29-14-11-21-17-24(8-10-25(21)29)33-19-23(31)18-30-15-12-20-16-22(27(28)32)7-9-26(20)30/h7-12,14-17,23,31H,2-6,13,18-19H2,1H3,(H2,28,32). The van der Waals surface area contributed by atoms with Crippen molar-refractivity contribution in [2.45, 2.75) is 58.2 Å². The molecule has 0 saturated carbocycles. The third kappa shape index (κ3) is 5.57. The van der Waals surface area contributed by atoms with E-state index in [0.717, 1.165) is 28.6 Å². The van der Waals surface area contributed by atoms with Crippen LogP contribution in [0.1, 0.15) is 49.4 Å². The first-order chi connectivity index (χ1) is 16.0. The van der Waals surface area contributed by atoms with Crippen molar-refractivity contribution in [1.82, 2.24) is 9.13 Å². The molecule has 0 aliphatic rings. The number of benzene rings is 2. The van der Waals surface area contributed by atoms with Gasteiger partial charge in [-0.15, -0.1) is 0 Å². The summed E-state index contributed by atoms with van der Waals surface area (Å²) in [5.41, 5.74) is 7.99. The molecule has 33 heavy (non-hydrogen) atoms. The third-order valence-corrected chi connectivity index (χ3v) is 6.15. The highest BCUT2D eigenvalue weighted by Crippen LogP contribution is 2.23. The van der Waals surface area contributed by atoms with Crippen molar-refractivity contribution in [2.75, 3.05) is 6.61 Å². The number of amides is 1. The highest BCUT2D eigenvalue weighted by Gasteiger charge is 2.11. The minimum Gasteiger partial charge on any atom is -0.491 e. The fourth-order valence-corrected chi connectivity index (χ4v) is 4.33. The van der Waals surface area contributed by atoms with E-state index in [1.54, 1.807) is 12.1 Å². The number of hydrogen-bond donors (Lipinski definition) is 2. The third-order valence-electron chi connectivity index (χ3n) is 6.15. The topological polar surface area (TPSA) is 82.4 Å². The van der Waals surface area contributed by atoms with E-state index in [-0.39, 0.29) is 6.61 Å². The van der Waals surface area contributed by atoms with Crippen LogP contribution in [0.3, 0.4) is 0 Å². The number of carbonyl (C=O) groups is 1. The Bertz CT molecular complexity index is 1220. The number of nitrogens with two attached hydrogens (primary N) is 1. The number of unbranched alkanes of at least 4 members (excludes halogenated alkanes) is 4. The molecule has 0 saturated heterocycles. The SMILES string of the molecule is CCCCCCCn1ccc2cc(OCC(O)Cn3ccc4cc(C(N)=O)ccc43)ccc21. The van der Waals surface area contributed by atoms with Gasteiger partial charge in [-0.3, -0.25) is 4.79 Å². The number of nitrogens with zero attached hydrogens (tertiary/aromatic N) is 2. The first-order valence-corrected chi connectivity index (χ1v) is 11.8. The highest BCUT2D eigenvalue weighted by molar-refractivity contribution is 5.97.